The van der Waals surface area contributed by atoms with Crippen LogP contribution in [0.25, 0.3) is 11.4 Å². The number of nitrogens with two attached hydrogens (primary N) is 1. The number of carbonyl (C=O) groups excluding carboxylic acids is 2. The van der Waals surface area contributed by atoms with Crippen LogP contribution < -0.4 is 5.73 Å². The van der Waals surface area contributed by atoms with Crippen LogP contribution in [-0.2, 0) is 11.3 Å². The van der Waals surface area contributed by atoms with E-state index >= 15 is 0 Å². The van der Waals surface area contributed by atoms with Gasteiger partial charge in [-0.05, 0) is 32.4 Å². The van der Waals surface area contributed by atoms with Gasteiger partial charge in [0.1, 0.15) is 0 Å². The second-order valence-corrected chi connectivity index (χ2v) is 7.08. The molecule has 0 aliphatic heterocycles. The Kier molecular flexibility index (Phi) is 5.41. The van der Waals surface area contributed by atoms with Gasteiger partial charge in [0, 0.05) is 17.6 Å². The molecule has 0 aliphatic carbocycles. The van der Waals surface area contributed by atoms with Crippen molar-refractivity contribution in [3.63, 3.8) is 0 Å². The molecule has 2 heterocycles. The number of ether oxygens (including phenoxy) is 1. The number of nitrogens with zero attached hydrogens (tertiary/aromatic N) is 2. The van der Waals surface area contributed by atoms with Gasteiger partial charge in [-0.3, -0.25) is 4.79 Å². The first-order chi connectivity index (χ1) is 12.9. The summed E-state index contributed by atoms with van der Waals surface area (Å²) in [6, 6.07) is 9.92. The molecular weight excluding hydrogens is 362 g/mol. The van der Waals surface area contributed by atoms with Crippen molar-refractivity contribution in [2.24, 2.45) is 5.73 Å². The first-order valence-electron chi connectivity index (χ1n) is 8.59. The van der Waals surface area contributed by atoms with Crippen LogP contribution in [0.15, 0.2) is 35.7 Å². The van der Waals surface area contributed by atoms with Crippen LogP contribution >= 0.6 is 11.3 Å². The number of primary amides is 1. The summed E-state index contributed by atoms with van der Waals surface area (Å²) < 4.78 is 7.00. The maximum Gasteiger partial charge on any atom is 0.367 e. The molecule has 0 saturated carbocycles. The Morgan fingerprint density at radius 2 is 1.93 bits per heavy atom. The Balaban J connectivity index is 2.03. The molecule has 27 heavy (non-hydrogen) atoms. The molecule has 3 aromatic rings. The fraction of sp³-hybridized carbons (Fsp3) is 0.250. The van der Waals surface area contributed by atoms with Crippen LogP contribution in [0.2, 0.25) is 0 Å². The zero-order valence-corrected chi connectivity index (χ0v) is 16.3. The van der Waals surface area contributed by atoms with Gasteiger partial charge < -0.3 is 15.0 Å². The number of benzene rings is 1. The summed E-state index contributed by atoms with van der Waals surface area (Å²) in [5.74, 6) is -0.936. The highest BCUT2D eigenvalue weighted by molar-refractivity contribution is 7.11. The monoisotopic (exact) mass is 383 g/mol. The molecule has 0 radical (unpaired) electrons. The maximum absolute atomic E-state index is 11.9. The lowest BCUT2D eigenvalue weighted by Crippen LogP contribution is -2.12. The van der Waals surface area contributed by atoms with Gasteiger partial charge in [0.25, 0.3) is 5.91 Å². The second-order valence-electron chi connectivity index (χ2n) is 6.22. The SMILES string of the molecule is CCOC(=O)c1nc(-c2cc(C(N)=O)c(C)n2Cc2ccc(C)cc2)cs1. The van der Waals surface area contributed by atoms with Gasteiger partial charge >= 0.3 is 5.97 Å². The van der Waals surface area contributed by atoms with E-state index in [0.717, 1.165) is 17.0 Å². The van der Waals surface area contributed by atoms with Gasteiger partial charge in [-0.1, -0.05) is 29.8 Å². The van der Waals surface area contributed by atoms with Gasteiger partial charge in [0.2, 0.25) is 5.01 Å². The lowest BCUT2D eigenvalue weighted by Gasteiger charge is -2.11. The van der Waals surface area contributed by atoms with Gasteiger partial charge in [0.05, 0.1) is 23.6 Å². The first-order valence-corrected chi connectivity index (χ1v) is 9.47. The minimum atomic E-state index is -0.489. The van der Waals surface area contributed by atoms with E-state index in [1.807, 2.05) is 42.7 Å². The van der Waals surface area contributed by atoms with Crippen LogP contribution in [-0.4, -0.2) is 28.0 Å². The van der Waals surface area contributed by atoms with Crippen molar-refractivity contribution in [2.75, 3.05) is 6.61 Å². The number of esters is 1. The Morgan fingerprint density at radius 1 is 1.22 bits per heavy atom. The Morgan fingerprint density at radius 3 is 2.56 bits per heavy atom. The van der Waals surface area contributed by atoms with Crippen molar-refractivity contribution in [1.82, 2.24) is 9.55 Å². The summed E-state index contributed by atoms with van der Waals surface area (Å²) in [5, 5.41) is 2.07. The molecule has 0 saturated heterocycles. The zero-order valence-electron chi connectivity index (χ0n) is 15.5. The molecule has 0 spiro atoms. The summed E-state index contributed by atoms with van der Waals surface area (Å²) in [6.45, 7) is 6.51. The molecule has 0 unspecified atom stereocenters. The largest absolute Gasteiger partial charge is 0.461 e. The van der Waals surface area contributed by atoms with Crippen molar-refractivity contribution in [3.05, 3.63) is 63.1 Å². The third-order valence-corrected chi connectivity index (χ3v) is 5.13. The van der Waals surface area contributed by atoms with Crippen LogP contribution in [0, 0.1) is 13.8 Å². The lowest BCUT2D eigenvalue weighted by molar-refractivity contribution is 0.0526. The fourth-order valence-electron chi connectivity index (χ4n) is 2.86. The minimum Gasteiger partial charge on any atom is -0.461 e. The van der Waals surface area contributed by atoms with Gasteiger partial charge in [-0.25, -0.2) is 9.78 Å². The topological polar surface area (TPSA) is 87.2 Å². The molecule has 2 N–H and O–H groups in total. The average molecular weight is 383 g/mol. The van der Waals surface area contributed by atoms with Crippen LogP contribution in [0.4, 0.5) is 0 Å². The second kappa shape index (κ2) is 7.75. The molecule has 6 nitrogen and oxygen atoms in total. The Labute approximate surface area is 161 Å². The molecular formula is C20H21N3O3S. The van der Waals surface area contributed by atoms with Crippen LogP contribution in [0.3, 0.4) is 0 Å². The molecule has 0 aliphatic rings. The number of hydrogen-bond acceptors (Lipinski definition) is 5. The summed E-state index contributed by atoms with van der Waals surface area (Å²) in [6.07, 6.45) is 0. The molecule has 2 aromatic heterocycles. The van der Waals surface area contributed by atoms with Gasteiger partial charge in [-0.2, -0.15) is 0 Å². The van der Waals surface area contributed by atoms with E-state index in [1.165, 1.54) is 16.9 Å². The maximum atomic E-state index is 11.9. The predicted octanol–water partition coefficient (Wildman–Crippen LogP) is 3.55. The van der Waals surface area contributed by atoms with E-state index in [4.69, 9.17) is 10.5 Å². The molecule has 1 amide bonds. The van der Waals surface area contributed by atoms with E-state index in [9.17, 15) is 9.59 Å². The summed E-state index contributed by atoms with van der Waals surface area (Å²) in [4.78, 5) is 28.2. The number of thiazole rings is 1. The van der Waals surface area contributed by atoms with Gasteiger partial charge in [-0.15, -0.1) is 11.3 Å². The van der Waals surface area contributed by atoms with Crippen molar-refractivity contribution in [1.29, 1.82) is 0 Å². The lowest BCUT2D eigenvalue weighted by atomic mass is 10.1. The number of aromatic nitrogens is 2. The number of rotatable bonds is 6. The van der Waals surface area contributed by atoms with E-state index < -0.39 is 11.9 Å². The van der Waals surface area contributed by atoms with Crippen molar-refractivity contribution in [3.8, 4) is 11.4 Å². The fourth-order valence-corrected chi connectivity index (χ4v) is 3.57. The van der Waals surface area contributed by atoms with Crippen molar-refractivity contribution >= 4 is 23.2 Å². The van der Waals surface area contributed by atoms with Crippen LogP contribution in [0.5, 0.6) is 0 Å². The third kappa shape index (κ3) is 3.93. The van der Waals surface area contributed by atoms with E-state index in [0.29, 0.717) is 24.4 Å². The van der Waals surface area contributed by atoms with Gasteiger partial charge in [0.15, 0.2) is 0 Å². The normalized spacial score (nSPS) is 10.8. The summed E-state index contributed by atoms with van der Waals surface area (Å²) in [7, 11) is 0. The molecule has 3 rings (SSSR count). The smallest absolute Gasteiger partial charge is 0.367 e. The average Bonchev–Trinajstić information content (AvgIpc) is 3.23. The van der Waals surface area contributed by atoms with E-state index in [-0.39, 0.29) is 5.01 Å². The number of carbonyl (C=O) groups is 2. The highest BCUT2D eigenvalue weighted by Crippen LogP contribution is 2.28. The third-order valence-electron chi connectivity index (χ3n) is 4.31. The molecule has 1 aromatic carbocycles. The highest BCUT2D eigenvalue weighted by Gasteiger charge is 2.20. The van der Waals surface area contributed by atoms with E-state index in [2.05, 4.69) is 4.98 Å². The Bertz CT molecular complexity index is 987. The number of hydrogen-bond donors (Lipinski definition) is 1. The predicted molar refractivity (Wildman–Crippen MR) is 105 cm³/mol. The highest BCUT2D eigenvalue weighted by atomic mass is 32.1. The molecule has 0 bridgehead atoms. The first kappa shape index (κ1) is 18.8. The van der Waals surface area contributed by atoms with Crippen molar-refractivity contribution in [2.45, 2.75) is 27.3 Å². The standard InChI is InChI=1S/C20H21N3O3S/c1-4-26-20(25)19-22-16(11-27-19)17-9-15(18(21)24)13(3)23(17)10-14-7-5-12(2)6-8-14/h5-9,11H,4,10H2,1-3H3,(H2,21,24). The summed E-state index contributed by atoms with van der Waals surface area (Å²) in [5.41, 5.74) is 10.4. The summed E-state index contributed by atoms with van der Waals surface area (Å²) >= 11 is 1.22. The Hall–Kier alpha value is -2.93. The quantitative estimate of drug-likeness (QED) is 0.660. The zero-order chi connectivity index (χ0) is 19.6. The van der Waals surface area contributed by atoms with Crippen molar-refractivity contribution < 1.29 is 14.3 Å². The number of amides is 1. The van der Waals surface area contributed by atoms with Crippen LogP contribution in [0.1, 0.15) is 43.9 Å². The molecule has 0 atom stereocenters. The molecule has 7 heteroatoms. The number of aryl methyl sites for hydroxylation is 1. The molecule has 140 valence electrons. The minimum absolute atomic E-state index is 0.285. The van der Waals surface area contributed by atoms with E-state index in [1.54, 1.807) is 18.4 Å². The molecule has 0 fully saturated rings.